The Balaban J connectivity index is 1.76. The number of alkyl halides is 3. The monoisotopic (exact) mass is 370 g/mol. The van der Waals surface area contributed by atoms with Crippen molar-refractivity contribution in [1.82, 2.24) is 0 Å². The van der Waals surface area contributed by atoms with Gasteiger partial charge in [0.1, 0.15) is 6.61 Å². The second kappa shape index (κ2) is 5.33. The van der Waals surface area contributed by atoms with Crippen LogP contribution >= 0.6 is 0 Å². The molecule has 0 radical (unpaired) electrons. The van der Waals surface area contributed by atoms with Crippen molar-refractivity contribution in [3.8, 4) is 0 Å². The standard InChI is InChI=1S/C15H21F3O5S/c1-13(15(16,17)18,24(20,21)22)8-23-12(19)14-5-9-2-10(6-14)4-11(3-9)7-14/h9-11H,2-8H2,1H3,(H,20,21,22). The molecule has 4 aliphatic rings. The Morgan fingerprint density at radius 2 is 1.54 bits per heavy atom. The Bertz CT molecular complexity index is 607. The Morgan fingerprint density at radius 1 is 1.12 bits per heavy atom. The van der Waals surface area contributed by atoms with E-state index in [1.165, 1.54) is 0 Å². The van der Waals surface area contributed by atoms with Gasteiger partial charge in [0.2, 0.25) is 4.75 Å². The van der Waals surface area contributed by atoms with Crippen LogP contribution in [0.2, 0.25) is 0 Å². The Hall–Kier alpha value is -0.830. The molecule has 9 heteroatoms. The highest BCUT2D eigenvalue weighted by Crippen LogP contribution is 2.60. The van der Waals surface area contributed by atoms with Gasteiger partial charge in [-0.3, -0.25) is 9.35 Å². The predicted octanol–water partition coefficient (Wildman–Crippen LogP) is 2.95. The Labute approximate surface area is 138 Å². The molecule has 4 saturated carbocycles. The van der Waals surface area contributed by atoms with Gasteiger partial charge < -0.3 is 4.74 Å². The third-order valence-corrected chi connectivity index (χ3v) is 7.61. The zero-order valence-corrected chi connectivity index (χ0v) is 14.1. The van der Waals surface area contributed by atoms with E-state index in [9.17, 15) is 26.4 Å². The molecule has 1 atom stereocenters. The van der Waals surface area contributed by atoms with E-state index in [0.29, 0.717) is 43.9 Å². The highest BCUT2D eigenvalue weighted by molar-refractivity contribution is 7.87. The highest BCUT2D eigenvalue weighted by atomic mass is 32.2. The minimum absolute atomic E-state index is 0.329. The summed E-state index contributed by atoms with van der Waals surface area (Å²) in [7, 11) is -5.48. The molecule has 5 nitrogen and oxygen atoms in total. The van der Waals surface area contributed by atoms with Crippen LogP contribution in [0.3, 0.4) is 0 Å². The first-order chi connectivity index (χ1) is 10.9. The summed E-state index contributed by atoms with van der Waals surface area (Å²) in [5.41, 5.74) is -0.777. The third kappa shape index (κ3) is 2.73. The number of ether oxygens (including phenoxy) is 1. The quantitative estimate of drug-likeness (QED) is 0.608. The summed E-state index contributed by atoms with van der Waals surface area (Å²) >= 11 is 0. The first-order valence-electron chi connectivity index (χ1n) is 8.07. The van der Waals surface area contributed by atoms with Gasteiger partial charge in [0.05, 0.1) is 5.41 Å². The molecule has 0 heterocycles. The van der Waals surface area contributed by atoms with Crippen molar-refractivity contribution < 1.29 is 35.7 Å². The lowest BCUT2D eigenvalue weighted by Crippen LogP contribution is -2.55. The van der Waals surface area contributed by atoms with Gasteiger partial charge in [0.25, 0.3) is 10.1 Å². The number of hydrogen-bond donors (Lipinski definition) is 1. The van der Waals surface area contributed by atoms with Crippen molar-refractivity contribution in [2.75, 3.05) is 6.61 Å². The minimum Gasteiger partial charge on any atom is -0.463 e. The van der Waals surface area contributed by atoms with Gasteiger partial charge in [-0.2, -0.15) is 21.6 Å². The second-order valence-electron chi connectivity index (χ2n) is 7.98. The number of carbonyl (C=O) groups excluding carboxylic acids is 1. The van der Waals surface area contributed by atoms with Crippen molar-refractivity contribution in [1.29, 1.82) is 0 Å². The maximum absolute atomic E-state index is 13.1. The number of hydrogen-bond acceptors (Lipinski definition) is 4. The molecule has 138 valence electrons. The Kier molecular flexibility index (Phi) is 3.99. The summed E-state index contributed by atoms with van der Waals surface area (Å²) in [5, 5.41) is 0. The fourth-order valence-corrected chi connectivity index (χ4v) is 5.52. The molecular formula is C15H21F3O5S. The van der Waals surface area contributed by atoms with Crippen molar-refractivity contribution >= 4 is 16.1 Å². The molecule has 4 fully saturated rings. The van der Waals surface area contributed by atoms with E-state index in [1.807, 2.05) is 0 Å². The molecule has 0 spiro atoms. The molecule has 0 amide bonds. The van der Waals surface area contributed by atoms with Gasteiger partial charge >= 0.3 is 12.1 Å². The van der Waals surface area contributed by atoms with Gasteiger partial charge in [-0.1, -0.05) is 0 Å². The van der Waals surface area contributed by atoms with Crippen LogP contribution in [0.15, 0.2) is 0 Å². The van der Waals surface area contributed by atoms with Crippen LogP contribution in [0.4, 0.5) is 13.2 Å². The molecule has 0 aromatic carbocycles. The minimum atomic E-state index is -5.48. The number of rotatable bonds is 4. The lowest BCUT2D eigenvalue weighted by molar-refractivity contribution is -0.189. The van der Waals surface area contributed by atoms with Crippen LogP contribution in [0.1, 0.15) is 45.4 Å². The molecule has 0 aromatic rings. The van der Waals surface area contributed by atoms with E-state index >= 15 is 0 Å². The Morgan fingerprint density at radius 3 is 1.88 bits per heavy atom. The van der Waals surface area contributed by atoms with Crippen LogP contribution in [-0.2, 0) is 19.6 Å². The molecule has 1 unspecified atom stereocenters. The topological polar surface area (TPSA) is 80.7 Å². The van der Waals surface area contributed by atoms with E-state index in [0.717, 1.165) is 19.3 Å². The largest absolute Gasteiger partial charge is 0.463 e. The van der Waals surface area contributed by atoms with Gasteiger partial charge in [-0.05, 0) is 63.2 Å². The van der Waals surface area contributed by atoms with Crippen LogP contribution in [0.5, 0.6) is 0 Å². The van der Waals surface area contributed by atoms with Crippen molar-refractivity contribution in [2.45, 2.75) is 56.4 Å². The predicted molar refractivity (Wildman–Crippen MR) is 77.6 cm³/mol. The smallest absolute Gasteiger partial charge is 0.413 e. The van der Waals surface area contributed by atoms with Crippen molar-refractivity contribution in [3.05, 3.63) is 0 Å². The molecule has 4 rings (SSSR count). The SMILES string of the molecule is CC(COC(=O)C12CC3CC(CC(C3)C1)C2)(C(F)(F)F)S(=O)(=O)O. The van der Waals surface area contributed by atoms with Gasteiger partial charge in [-0.15, -0.1) is 0 Å². The van der Waals surface area contributed by atoms with Crippen LogP contribution < -0.4 is 0 Å². The van der Waals surface area contributed by atoms with Gasteiger partial charge in [-0.25, -0.2) is 0 Å². The molecule has 4 bridgehead atoms. The van der Waals surface area contributed by atoms with E-state index in [4.69, 9.17) is 9.29 Å². The summed E-state index contributed by atoms with van der Waals surface area (Å²) < 4.78 is 72.0. The summed E-state index contributed by atoms with van der Waals surface area (Å²) in [6.45, 7) is -1.09. The summed E-state index contributed by atoms with van der Waals surface area (Å²) in [6.07, 6.45) is -0.277. The zero-order chi connectivity index (χ0) is 18.0. The lowest BCUT2D eigenvalue weighted by atomic mass is 9.49. The lowest BCUT2D eigenvalue weighted by Gasteiger charge is -2.55. The molecule has 24 heavy (non-hydrogen) atoms. The maximum atomic E-state index is 13.1. The normalized spacial score (nSPS) is 38.0. The van der Waals surface area contributed by atoms with Crippen LogP contribution in [0.25, 0.3) is 0 Å². The van der Waals surface area contributed by atoms with Crippen molar-refractivity contribution in [3.63, 3.8) is 0 Å². The number of carbonyl (C=O) groups is 1. The van der Waals surface area contributed by atoms with Gasteiger partial charge in [0.15, 0.2) is 0 Å². The van der Waals surface area contributed by atoms with E-state index in [2.05, 4.69) is 0 Å². The maximum Gasteiger partial charge on any atom is 0.413 e. The zero-order valence-electron chi connectivity index (χ0n) is 13.3. The first-order valence-corrected chi connectivity index (χ1v) is 9.51. The average molecular weight is 370 g/mol. The molecule has 4 aliphatic carbocycles. The molecular weight excluding hydrogens is 349 g/mol. The van der Waals surface area contributed by atoms with Crippen LogP contribution in [0, 0.1) is 23.2 Å². The van der Waals surface area contributed by atoms with Gasteiger partial charge in [0, 0.05) is 0 Å². The molecule has 0 saturated heterocycles. The number of esters is 1. The molecule has 1 N–H and O–H groups in total. The number of halogens is 3. The average Bonchev–Trinajstić information content (AvgIpc) is 2.40. The van der Waals surface area contributed by atoms with Crippen LogP contribution in [-0.4, -0.2) is 36.5 Å². The fourth-order valence-electron chi connectivity index (χ4n) is 5.02. The fraction of sp³-hybridized carbons (Fsp3) is 0.933. The molecule has 0 aromatic heterocycles. The first kappa shape index (κ1) is 18.0. The third-order valence-electron chi connectivity index (χ3n) is 6.12. The highest BCUT2D eigenvalue weighted by Gasteiger charge is 2.62. The van der Waals surface area contributed by atoms with Crippen molar-refractivity contribution in [2.24, 2.45) is 23.2 Å². The molecule has 0 aliphatic heterocycles. The van der Waals surface area contributed by atoms with E-state index in [1.54, 1.807) is 0 Å². The second-order valence-corrected chi connectivity index (χ2v) is 9.83. The summed E-state index contributed by atoms with van der Waals surface area (Å²) in [4.78, 5) is 12.5. The summed E-state index contributed by atoms with van der Waals surface area (Å²) in [5.74, 6) is 0.457. The van der Waals surface area contributed by atoms with E-state index < -0.39 is 39.0 Å². The summed E-state index contributed by atoms with van der Waals surface area (Å²) in [6, 6.07) is 0. The van der Waals surface area contributed by atoms with E-state index in [-0.39, 0.29) is 0 Å².